The Morgan fingerprint density at radius 3 is 2.74 bits per heavy atom. The Hall–Kier alpha value is -0.120. The first kappa shape index (κ1) is 13.8. The third-order valence-corrected chi connectivity index (χ3v) is 5.80. The summed E-state index contributed by atoms with van der Waals surface area (Å²) >= 11 is 0. The molecule has 3 nitrogen and oxygen atoms in total. The Labute approximate surface area is 117 Å². The Kier molecular flexibility index (Phi) is 4.16. The number of ether oxygens (including phenoxy) is 1. The number of fused-ring (bicyclic) bond motifs is 1. The molecule has 3 fully saturated rings. The summed E-state index contributed by atoms with van der Waals surface area (Å²) in [5, 5.41) is 0. The topological polar surface area (TPSA) is 38.5 Å². The predicted molar refractivity (Wildman–Crippen MR) is 78.0 cm³/mol. The summed E-state index contributed by atoms with van der Waals surface area (Å²) in [5.74, 6) is 1.67. The van der Waals surface area contributed by atoms with Crippen LogP contribution in [-0.2, 0) is 4.74 Å². The average Bonchev–Trinajstić information content (AvgIpc) is 2.87. The lowest BCUT2D eigenvalue weighted by molar-refractivity contribution is -0.0839. The van der Waals surface area contributed by atoms with Gasteiger partial charge in [0.1, 0.15) is 0 Å². The highest BCUT2D eigenvalue weighted by Gasteiger charge is 2.42. The first-order valence-electron chi connectivity index (χ1n) is 8.29. The molecular formula is C16H30N2O. The van der Waals surface area contributed by atoms with E-state index in [1.165, 1.54) is 38.5 Å². The summed E-state index contributed by atoms with van der Waals surface area (Å²) in [4.78, 5) is 2.74. The van der Waals surface area contributed by atoms with Crippen LogP contribution in [0.1, 0.15) is 52.4 Å². The number of nitrogens with two attached hydrogens (primary N) is 1. The van der Waals surface area contributed by atoms with Crippen LogP contribution in [0.3, 0.4) is 0 Å². The zero-order chi connectivity index (χ0) is 13.4. The molecule has 0 spiro atoms. The number of rotatable bonds is 2. The Balaban J connectivity index is 1.71. The lowest BCUT2D eigenvalue weighted by Crippen LogP contribution is -2.60. The molecule has 19 heavy (non-hydrogen) atoms. The molecule has 2 saturated carbocycles. The Morgan fingerprint density at radius 1 is 1.11 bits per heavy atom. The maximum Gasteiger partial charge on any atom is 0.0731 e. The van der Waals surface area contributed by atoms with Gasteiger partial charge in [0.2, 0.25) is 0 Å². The van der Waals surface area contributed by atoms with E-state index in [0.29, 0.717) is 24.2 Å². The zero-order valence-corrected chi connectivity index (χ0v) is 12.6. The van der Waals surface area contributed by atoms with Gasteiger partial charge in [0.25, 0.3) is 0 Å². The normalized spacial score (nSPS) is 44.5. The molecule has 0 amide bonds. The van der Waals surface area contributed by atoms with Gasteiger partial charge in [0.05, 0.1) is 12.7 Å². The van der Waals surface area contributed by atoms with E-state index in [0.717, 1.165) is 25.0 Å². The standard InChI is InChI=1S/C16H30N2O/c1-11(2)12-6-7-13(17)15(10-12)18-8-9-19-16-5-3-4-14(16)18/h11-16H,3-10,17H2,1-2H3. The lowest BCUT2D eigenvalue weighted by atomic mass is 9.76. The van der Waals surface area contributed by atoms with Gasteiger partial charge in [-0.3, -0.25) is 4.90 Å². The van der Waals surface area contributed by atoms with Gasteiger partial charge < -0.3 is 10.5 Å². The van der Waals surface area contributed by atoms with Crippen molar-refractivity contribution in [2.75, 3.05) is 13.2 Å². The van der Waals surface area contributed by atoms with Crippen molar-refractivity contribution in [3.8, 4) is 0 Å². The number of nitrogens with zero attached hydrogens (tertiary/aromatic N) is 1. The second-order valence-corrected chi connectivity index (χ2v) is 7.19. The highest BCUT2D eigenvalue weighted by atomic mass is 16.5. The second kappa shape index (κ2) is 5.71. The molecule has 2 aliphatic carbocycles. The summed E-state index contributed by atoms with van der Waals surface area (Å²) in [6, 6.07) is 1.65. The van der Waals surface area contributed by atoms with E-state index in [4.69, 9.17) is 10.5 Å². The van der Waals surface area contributed by atoms with Crippen LogP contribution in [0.25, 0.3) is 0 Å². The maximum absolute atomic E-state index is 6.47. The van der Waals surface area contributed by atoms with Crippen LogP contribution >= 0.6 is 0 Å². The van der Waals surface area contributed by atoms with Crippen LogP contribution in [0.4, 0.5) is 0 Å². The quantitative estimate of drug-likeness (QED) is 0.834. The van der Waals surface area contributed by atoms with E-state index < -0.39 is 0 Å². The molecule has 0 aromatic heterocycles. The molecule has 0 radical (unpaired) electrons. The van der Waals surface area contributed by atoms with Gasteiger partial charge in [-0.25, -0.2) is 0 Å². The van der Waals surface area contributed by atoms with Crippen LogP contribution in [-0.4, -0.2) is 42.3 Å². The fraction of sp³-hybridized carbons (Fsp3) is 1.00. The molecule has 3 heteroatoms. The fourth-order valence-electron chi connectivity index (χ4n) is 4.56. The average molecular weight is 266 g/mol. The van der Waals surface area contributed by atoms with Crippen LogP contribution < -0.4 is 5.73 Å². The van der Waals surface area contributed by atoms with Crippen molar-refractivity contribution >= 4 is 0 Å². The minimum absolute atomic E-state index is 0.384. The van der Waals surface area contributed by atoms with Crippen LogP contribution in [0.15, 0.2) is 0 Å². The highest BCUT2D eigenvalue weighted by Crippen LogP contribution is 2.37. The van der Waals surface area contributed by atoms with Gasteiger partial charge in [-0.05, 0) is 50.4 Å². The monoisotopic (exact) mass is 266 g/mol. The molecule has 0 aromatic carbocycles. The SMILES string of the molecule is CC(C)C1CCC(N)C(N2CCOC3CCCC32)C1. The maximum atomic E-state index is 6.47. The van der Waals surface area contributed by atoms with Crippen molar-refractivity contribution in [3.05, 3.63) is 0 Å². The molecule has 0 aromatic rings. The van der Waals surface area contributed by atoms with E-state index in [2.05, 4.69) is 18.7 Å². The number of hydrogen-bond acceptors (Lipinski definition) is 3. The molecule has 3 rings (SSSR count). The molecule has 3 aliphatic rings. The highest BCUT2D eigenvalue weighted by molar-refractivity contribution is 4.98. The first-order valence-corrected chi connectivity index (χ1v) is 8.29. The van der Waals surface area contributed by atoms with E-state index in [1.807, 2.05) is 0 Å². The van der Waals surface area contributed by atoms with Gasteiger partial charge in [0.15, 0.2) is 0 Å². The largest absolute Gasteiger partial charge is 0.375 e. The minimum atomic E-state index is 0.384. The Morgan fingerprint density at radius 2 is 1.95 bits per heavy atom. The summed E-state index contributed by atoms with van der Waals surface area (Å²) in [7, 11) is 0. The molecule has 5 atom stereocenters. The van der Waals surface area contributed by atoms with E-state index in [-0.39, 0.29) is 0 Å². The summed E-state index contributed by atoms with van der Waals surface area (Å²) in [6.07, 6.45) is 8.26. The number of hydrogen-bond donors (Lipinski definition) is 1. The second-order valence-electron chi connectivity index (χ2n) is 7.19. The van der Waals surface area contributed by atoms with Gasteiger partial charge >= 0.3 is 0 Å². The van der Waals surface area contributed by atoms with Crippen molar-refractivity contribution in [3.63, 3.8) is 0 Å². The van der Waals surface area contributed by atoms with Gasteiger partial charge in [-0.2, -0.15) is 0 Å². The summed E-state index contributed by atoms with van der Waals surface area (Å²) in [6.45, 7) is 6.76. The van der Waals surface area contributed by atoms with Crippen molar-refractivity contribution in [2.45, 2.75) is 76.6 Å². The van der Waals surface area contributed by atoms with E-state index in [1.54, 1.807) is 0 Å². The molecular weight excluding hydrogens is 236 g/mol. The molecule has 5 unspecified atom stereocenters. The van der Waals surface area contributed by atoms with Crippen LogP contribution in [0.2, 0.25) is 0 Å². The van der Waals surface area contributed by atoms with Gasteiger partial charge in [0, 0.05) is 24.7 Å². The molecule has 0 bridgehead atoms. The molecule has 2 N–H and O–H groups in total. The van der Waals surface area contributed by atoms with E-state index in [9.17, 15) is 0 Å². The van der Waals surface area contributed by atoms with Crippen molar-refractivity contribution in [1.29, 1.82) is 0 Å². The van der Waals surface area contributed by atoms with E-state index >= 15 is 0 Å². The van der Waals surface area contributed by atoms with Crippen LogP contribution in [0, 0.1) is 11.8 Å². The molecule has 110 valence electrons. The Bertz CT molecular complexity index is 307. The minimum Gasteiger partial charge on any atom is -0.375 e. The lowest BCUT2D eigenvalue weighted by Gasteiger charge is -2.48. The predicted octanol–water partition coefficient (Wildman–Crippen LogP) is 2.39. The molecule has 1 heterocycles. The number of morpholine rings is 1. The third-order valence-electron chi connectivity index (χ3n) is 5.80. The zero-order valence-electron chi connectivity index (χ0n) is 12.6. The van der Waals surface area contributed by atoms with Crippen molar-refractivity contribution < 1.29 is 4.74 Å². The fourth-order valence-corrected chi connectivity index (χ4v) is 4.56. The molecule has 1 saturated heterocycles. The third kappa shape index (κ3) is 2.70. The van der Waals surface area contributed by atoms with Crippen LogP contribution in [0.5, 0.6) is 0 Å². The van der Waals surface area contributed by atoms with Crippen molar-refractivity contribution in [1.82, 2.24) is 4.90 Å². The first-order chi connectivity index (χ1) is 9.16. The van der Waals surface area contributed by atoms with Gasteiger partial charge in [-0.15, -0.1) is 0 Å². The van der Waals surface area contributed by atoms with Gasteiger partial charge in [-0.1, -0.05) is 13.8 Å². The summed E-state index contributed by atoms with van der Waals surface area (Å²) < 4.78 is 5.95. The summed E-state index contributed by atoms with van der Waals surface area (Å²) in [5.41, 5.74) is 6.47. The molecule has 1 aliphatic heterocycles. The smallest absolute Gasteiger partial charge is 0.0731 e. The van der Waals surface area contributed by atoms with Crippen molar-refractivity contribution in [2.24, 2.45) is 17.6 Å².